The van der Waals surface area contributed by atoms with Crippen LogP contribution in [0.1, 0.15) is 78.9 Å². The Hall–Kier alpha value is -5.28. The highest BCUT2D eigenvalue weighted by Crippen LogP contribution is 2.33. The predicted octanol–water partition coefficient (Wildman–Crippen LogP) is 10.1. The molecule has 2 fully saturated rings. The van der Waals surface area contributed by atoms with Crippen LogP contribution < -0.4 is 0 Å². The van der Waals surface area contributed by atoms with Gasteiger partial charge in [-0.25, -0.2) is 19.4 Å². The summed E-state index contributed by atoms with van der Waals surface area (Å²) >= 11 is 0. The predicted molar refractivity (Wildman–Crippen MR) is 230 cm³/mol. The van der Waals surface area contributed by atoms with Gasteiger partial charge in [0.1, 0.15) is 11.2 Å². The Bertz CT molecular complexity index is 1980. The van der Waals surface area contributed by atoms with Gasteiger partial charge in [0.15, 0.2) is 0 Å². The molecule has 4 amide bonds. The van der Waals surface area contributed by atoms with Crippen LogP contribution in [0.5, 0.6) is 0 Å². The Balaban J connectivity index is 0.000000221. The molecule has 6 rings (SSSR count). The number of ether oxygens (including phenoxy) is 2. The number of hydrogen-bond acceptors (Lipinski definition) is 7. The average molecular weight is 788 g/mol. The molecule has 0 aliphatic carbocycles. The first-order chi connectivity index (χ1) is 27.4. The quantitative estimate of drug-likeness (QED) is 0.167. The van der Waals surface area contributed by atoms with Crippen molar-refractivity contribution in [3.63, 3.8) is 0 Å². The maximum atomic E-state index is 13.0. The number of benzene rings is 4. The van der Waals surface area contributed by atoms with Crippen molar-refractivity contribution in [2.75, 3.05) is 20.6 Å². The van der Waals surface area contributed by atoms with Crippen LogP contribution in [0.3, 0.4) is 0 Å². The first-order valence-corrected chi connectivity index (χ1v) is 20.5. The third-order valence-electron chi connectivity index (χ3n) is 10.3. The van der Waals surface area contributed by atoms with Crippen LogP contribution in [0.25, 0.3) is 22.3 Å². The molecular formula is C49H61N3O6. The van der Waals surface area contributed by atoms with Crippen LogP contribution in [-0.2, 0) is 31.9 Å². The van der Waals surface area contributed by atoms with Gasteiger partial charge < -0.3 is 14.4 Å². The van der Waals surface area contributed by atoms with Gasteiger partial charge in [-0.05, 0) is 121 Å². The molecule has 58 heavy (non-hydrogen) atoms. The molecule has 0 N–H and O–H groups in total. The van der Waals surface area contributed by atoms with E-state index in [1.807, 2.05) is 104 Å². The number of amides is 4. The number of carbonyl (C=O) groups excluding carboxylic acids is 4. The minimum Gasteiger partial charge on any atom is -0.443 e. The molecular weight excluding hydrogens is 727 g/mol. The summed E-state index contributed by atoms with van der Waals surface area (Å²) in [6.45, 7) is 13.5. The zero-order valence-corrected chi connectivity index (χ0v) is 35.7. The van der Waals surface area contributed by atoms with Gasteiger partial charge in [0.05, 0.1) is 5.92 Å². The summed E-state index contributed by atoms with van der Waals surface area (Å²) in [6, 6.07) is 36.8. The molecule has 4 atom stereocenters. The Morgan fingerprint density at radius 1 is 0.569 bits per heavy atom. The molecule has 0 bridgehead atoms. The number of rotatable bonds is 9. The van der Waals surface area contributed by atoms with E-state index in [4.69, 9.17) is 9.47 Å². The van der Waals surface area contributed by atoms with E-state index >= 15 is 0 Å². The number of imide groups is 2. The summed E-state index contributed by atoms with van der Waals surface area (Å²) in [4.78, 5) is 55.9. The smallest absolute Gasteiger partial charge is 0.417 e. The summed E-state index contributed by atoms with van der Waals surface area (Å²) in [5, 5.41) is 0. The second-order valence-electron chi connectivity index (χ2n) is 17.8. The highest BCUT2D eigenvalue weighted by molar-refractivity contribution is 5.96. The van der Waals surface area contributed by atoms with Gasteiger partial charge in [0.2, 0.25) is 11.8 Å². The first-order valence-electron chi connectivity index (χ1n) is 20.5. The fraction of sp³-hybridized carbons (Fsp3) is 0.429. The monoisotopic (exact) mass is 787 g/mol. The second kappa shape index (κ2) is 19.0. The maximum absolute atomic E-state index is 13.0. The number of hydrogen-bond donors (Lipinski definition) is 0. The lowest BCUT2D eigenvalue weighted by molar-refractivity contribution is -0.132. The molecule has 4 aromatic carbocycles. The molecule has 0 aromatic heterocycles. The van der Waals surface area contributed by atoms with Crippen LogP contribution in [0.4, 0.5) is 9.59 Å². The molecule has 9 nitrogen and oxygen atoms in total. The van der Waals surface area contributed by atoms with E-state index in [-0.39, 0.29) is 35.7 Å². The van der Waals surface area contributed by atoms with Crippen molar-refractivity contribution in [2.45, 2.75) is 104 Å². The molecule has 2 heterocycles. The Morgan fingerprint density at radius 2 is 0.914 bits per heavy atom. The van der Waals surface area contributed by atoms with Gasteiger partial charge in [-0.1, -0.05) is 116 Å². The van der Waals surface area contributed by atoms with Gasteiger partial charge >= 0.3 is 12.2 Å². The molecule has 9 heteroatoms. The molecule has 308 valence electrons. The Labute approximate surface area is 345 Å². The maximum Gasteiger partial charge on any atom is 0.417 e. The molecule has 2 saturated heterocycles. The van der Waals surface area contributed by atoms with Crippen molar-refractivity contribution >= 4 is 24.0 Å². The van der Waals surface area contributed by atoms with Crippen molar-refractivity contribution in [1.29, 1.82) is 0 Å². The van der Waals surface area contributed by atoms with Gasteiger partial charge in [0, 0.05) is 24.5 Å². The van der Waals surface area contributed by atoms with Gasteiger partial charge in [-0.2, -0.15) is 0 Å². The lowest BCUT2D eigenvalue weighted by Gasteiger charge is -2.27. The highest BCUT2D eigenvalue weighted by atomic mass is 16.6. The molecule has 0 saturated carbocycles. The van der Waals surface area contributed by atoms with Crippen LogP contribution in [0.15, 0.2) is 109 Å². The van der Waals surface area contributed by atoms with Crippen LogP contribution in [0, 0.1) is 11.8 Å². The molecule has 2 aliphatic rings. The van der Waals surface area contributed by atoms with Crippen molar-refractivity contribution in [3.05, 3.63) is 120 Å². The lowest BCUT2D eigenvalue weighted by atomic mass is 9.96. The summed E-state index contributed by atoms with van der Waals surface area (Å²) < 4.78 is 11.0. The number of nitrogens with zero attached hydrogens (tertiary/aromatic N) is 3. The summed E-state index contributed by atoms with van der Waals surface area (Å²) in [5.41, 5.74) is 5.60. The molecule has 4 aromatic rings. The topological polar surface area (TPSA) is 96.5 Å². The van der Waals surface area contributed by atoms with Crippen LogP contribution in [0.2, 0.25) is 0 Å². The fourth-order valence-electron chi connectivity index (χ4n) is 7.68. The first kappa shape index (κ1) is 43.8. The second-order valence-corrected chi connectivity index (χ2v) is 17.8. The largest absolute Gasteiger partial charge is 0.443 e. The molecule has 0 radical (unpaired) electrons. The normalized spacial score (nSPS) is 19.6. The summed E-state index contributed by atoms with van der Waals surface area (Å²) in [5.74, 6) is -0.547. The van der Waals surface area contributed by atoms with E-state index in [0.717, 1.165) is 28.7 Å². The summed E-state index contributed by atoms with van der Waals surface area (Å²) in [7, 11) is 3.89. The van der Waals surface area contributed by atoms with Crippen molar-refractivity contribution in [3.8, 4) is 22.3 Å². The van der Waals surface area contributed by atoms with E-state index < -0.39 is 23.4 Å². The number of likely N-dealkylation sites (tertiary alicyclic amines) is 2. The molecule has 0 spiro atoms. The fourth-order valence-corrected chi connectivity index (χ4v) is 7.68. The van der Waals surface area contributed by atoms with Gasteiger partial charge in [-0.3, -0.25) is 9.59 Å². The van der Waals surface area contributed by atoms with Crippen molar-refractivity contribution < 1.29 is 28.7 Å². The standard InChI is InChI=1S/C25H32N2O3.C24H29NO3/c1-25(2,3)30-24(29)27-22(16-21(23(27)28)17-26(4)5)15-18-11-13-20(14-12-18)19-9-7-6-8-10-19;1-5-18-16-21(25(22(18)26)23(27)28-24(2,3)4)15-17-11-13-20(14-12-17)19-9-7-6-8-10-19/h6-14,21-22H,15-17H2,1-5H3;6-14,18,21H,5,15-16H2,1-4H3/t21?,22-;18?,21-/m11/s1. The Morgan fingerprint density at radius 3 is 1.26 bits per heavy atom. The van der Waals surface area contributed by atoms with E-state index in [1.54, 1.807) is 0 Å². The Kier molecular flexibility index (Phi) is 14.3. The third-order valence-corrected chi connectivity index (χ3v) is 10.3. The minimum absolute atomic E-state index is 0.109. The van der Waals surface area contributed by atoms with Gasteiger partial charge in [-0.15, -0.1) is 0 Å². The van der Waals surface area contributed by atoms with Crippen molar-refractivity contribution in [1.82, 2.24) is 14.7 Å². The molecule has 2 aliphatic heterocycles. The number of carbonyl (C=O) groups is 4. The van der Waals surface area contributed by atoms with E-state index in [1.165, 1.54) is 20.9 Å². The van der Waals surface area contributed by atoms with E-state index in [0.29, 0.717) is 32.2 Å². The van der Waals surface area contributed by atoms with Crippen LogP contribution >= 0.6 is 0 Å². The average Bonchev–Trinajstić information content (AvgIpc) is 3.65. The van der Waals surface area contributed by atoms with E-state index in [2.05, 4.69) is 72.8 Å². The van der Waals surface area contributed by atoms with Gasteiger partial charge in [0.25, 0.3) is 0 Å². The van der Waals surface area contributed by atoms with Crippen molar-refractivity contribution in [2.24, 2.45) is 11.8 Å². The highest BCUT2D eigenvalue weighted by Gasteiger charge is 2.45. The van der Waals surface area contributed by atoms with Crippen LogP contribution in [-0.4, -0.2) is 82.6 Å². The SMILES string of the molecule is CCC1C[C@@H](Cc2ccc(-c3ccccc3)cc2)N(C(=O)OC(C)(C)C)C1=O.CN(C)CC1C[C@@H](Cc2ccc(-c3ccccc3)cc2)N(C(=O)OC(C)(C)C)C1=O. The summed E-state index contributed by atoms with van der Waals surface area (Å²) in [6.07, 6.45) is 2.28. The lowest BCUT2D eigenvalue weighted by Crippen LogP contribution is -2.44. The minimum atomic E-state index is -0.640. The third kappa shape index (κ3) is 11.9. The zero-order valence-electron chi connectivity index (χ0n) is 35.7. The molecule has 2 unspecified atom stereocenters. The van der Waals surface area contributed by atoms with E-state index in [9.17, 15) is 19.2 Å². The zero-order chi connectivity index (χ0) is 42.2.